The first kappa shape index (κ1) is 29.2. The van der Waals surface area contributed by atoms with Crippen molar-refractivity contribution >= 4 is 11.9 Å². The third-order valence-corrected chi connectivity index (χ3v) is 7.52. The number of rotatable bonds is 16. The van der Waals surface area contributed by atoms with Crippen LogP contribution in [0.4, 0.5) is 0 Å². The van der Waals surface area contributed by atoms with Crippen LogP contribution in [-0.4, -0.2) is 22.2 Å². The Hall–Kier alpha value is -1.84. The number of carboxylic acids is 2. The zero-order valence-corrected chi connectivity index (χ0v) is 22.3. The van der Waals surface area contributed by atoms with Crippen LogP contribution in [0.1, 0.15) is 120 Å². The summed E-state index contributed by atoms with van der Waals surface area (Å²) in [5.74, 6) is -1.41. The van der Waals surface area contributed by atoms with Gasteiger partial charge in [-0.1, -0.05) is 44.6 Å². The van der Waals surface area contributed by atoms with Crippen LogP contribution in [0.25, 0.3) is 0 Å². The van der Waals surface area contributed by atoms with Gasteiger partial charge in [-0.2, -0.15) is 0 Å². The molecule has 33 heavy (non-hydrogen) atoms. The summed E-state index contributed by atoms with van der Waals surface area (Å²) in [6.07, 6.45) is 12.3. The highest BCUT2D eigenvalue weighted by atomic mass is 16.4. The van der Waals surface area contributed by atoms with Crippen LogP contribution in [0.15, 0.2) is 6.07 Å². The highest BCUT2D eigenvalue weighted by molar-refractivity contribution is 5.73. The van der Waals surface area contributed by atoms with Gasteiger partial charge >= 0.3 is 11.9 Å². The van der Waals surface area contributed by atoms with Gasteiger partial charge < -0.3 is 10.2 Å². The van der Waals surface area contributed by atoms with E-state index in [1.54, 1.807) is 0 Å². The van der Waals surface area contributed by atoms with Crippen LogP contribution < -0.4 is 0 Å². The van der Waals surface area contributed by atoms with E-state index >= 15 is 0 Å². The summed E-state index contributed by atoms with van der Waals surface area (Å²) >= 11 is 0. The second-order valence-electron chi connectivity index (χ2n) is 11.3. The molecule has 0 heterocycles. The van der Waals surface area contributed by atoms with Crippen molar-refractivity contribution in [2.45, 2.75) is 126 Å². The summed E-state index contributed by atoms with van der Waals surface area (Å²) in [5.41, 5.74) is 5.94. The van der Waals surface area contributed by atoms with Crippen molar-refractivity contribution in [1.29, 1.82) is 0 Å². The van der Waals surface area contributed by atoms with Gasteiger partial charge in [0.25, 0.3) is 0 Å². The van der Waals surface area contributed by atoms with E-state index in [1.807, 2.05) is 27.7 Å². The number of aliphatic carboxylic acids is 2. The molecule has 0 aliphatic heterocycles. The molecule has 0 atom stereocenters. The predicted octanol–water partition coefficient (Wildman–Crippen LogP) is 7.82. The fourth-order valence-electron chi connectivity index (χ4n) is 4.46. The van der Waals surface area contributed by atoms with Crippen LogP contribution >= 0.6 is 0 Å². The van der Waals surface area contributed by atoms with Crippen molar-refractivity contribution in [2.75, 3.05) is 0 Å². The van der Waals surface area contributed by atoms with Crippen LogP contribution in [0, 0.1) is 31.6 Å². The molecule has 0 saturated carbocycles. The van der Waals surface area contributed by atoms with E-state index in [9.17, 15) is 19.8 Å². The molecule has 0 radical (unpaired) electrons. The van der Waals surface area contributed by atoms with E-state index in [-0.39, 0.29) is 0 Å². The molecule has 1 aromatic carbocycles. The number of aryl methyl sites for hydroxylation is 2. The normalized spacial score (nSPS) is 12.2. The zero-order chi connectivity index (χ0) is 25.2. The average Bonchev–Trinajstić information content (AvgIpc) is 2.72. The molecular formula is C29H48O4. The summed E-state index contributed by atoms with van der Waals surface area (Å²) < 4.78 is 0. The van der Waals surface area contributed by atoms with Crippen LogP contribution in [-0.2, 0) is 22.4 Å². The Kier molecular flexibility index (Phi) is 11.6. The SMILES string of the molecule is Cc1cc(CCCCCCC(C)(C)C(=O)O)c(CCCCCCC(C)(C)C(=O)O)c(C)c1C. The van der Waals surface area contributed by atoms with Gasteiger partial charge in [0.1, 0.15) is 0 Å². The number of unbranched alkanes of at least 4 members (excludes halogenated alkanes) is 6. The molecule has 0 saturated heterocycles. The third-order valence-electron chi connectivity index (χ3n) is 7.52. The monoisotopic (exact) mass is 460 g/mol. The van der Waals surface area contributed by atoms with Crippen molar-refractivity contribution in [2.24, 2.45) is 10.8 Å². The lowest BCUT2D eigenvalue weighted by Crippen LogP contribution is -2.23. The largest absolute Gasteiger partial charge is 0.481 e. The minimum absolute atomic E-state index is 0.623. The molecule has 0 amide bonds. The van der Waals surface area contributed by atoms with E-state index in [1.165, 1.54) is 27.8 Å². The summed E-state index contributed by atoms with van der Waals surface area (Å²) in [6, 6.07) is 2.38. The molecule has 0 aromatic heterocycles. The van der Waals surface area contributed by atoms with E-state index in [4.69, 9.17) is 0 Å². The Morgan fingerprint density at radius 3 is 1.55 bits per heavy atom. The Labute approximate surface area is 202 Å². The maximum absolute atomic E-state index is 11.3. The summed E-state index contributed by atoms with van der Waals surface area (Å²) in [5, 5.41) is 18.5. The van der Waals surface area contributed by atoms with Crippen molar-refractivity contribution < 1.29 is 19.8 Å². The highest BCUT2D eigenvalue weighted by Gasteiger charge is 2.26. The number of hydrogen-bond donors (Lipinski definition) is 2. The average molecular weight is 461 g/mol. The maximum atomic E-state index is 11.3. The van der Waals surface area contributed by atoms with Crippen LogP contribution in [0.3, 0.4) is 0 Å². The van der Waals surface area contributed by atoms with Gasteiger partial charge in [0, 0.05) is 0 Å². The third kappa shape index (κ3) is 9.51. The Morgan fingerprint density at radius 2 is 1.09 bits per heavy atom. The quantitative estimate of drug-likeness (QED) is 0.247. The first-order chi connectivity index (χ1) is 15.3. The van der Waals surface area contributed by atoms with E-state index < -0.39 is 22.8 Å². The molecule has 0 spiro atoms. The predicted molar refractivity (Wildman–Crippen MR) is 137 cm³/mol. The second kappa shape index (κ2) is 13.2. The van der Waals surface area contributed by atoms with E-state index in [0.717, 1.165) is 77.0 Å². The molecule has 188 valence electrons. The number of hydrogen-bond acceptors (Lipinski definition) is 2. The number of benzene rings is 1. The first-order valence-electron chi connectivity index (χ1n) is 12.8. The molecule has 2 N–H and O–H groups in total. The molecule has 0 aliphatic rings. The lowest BCUT2D eigenvalue weighted by atomic mass is 9.86. The lowest BCUT2D eigenvalue weighted by molar-refractivity contribution is -0.148. The molecule has 4 heteroatoms. The Morgan fingerprint density at radius 1 is 0.667 bits per heavy atom. The van der Waals surface area contributed by atoms with Crippen molar-refractivity contribution in [1.82, 2.24) is 0 Å². The summed E-state index contributed by atoms with van der Waals surface area (Å²) in [7, 11) is 0. The second-order valence-corrected chi connectivity index (χ2v) is 11.3. The van der Waals surface area contributed by atoms with Gasteiger partial charge in [-0.05, 0) is 115 Å². The standard InChI is InChI=1S/C29H48O4/c1-21-20-24(16-12-8-10-14-18-28(4,5)26(30)31)25(23(3)22(21)2)17-13-9-11-15-19-29(6,7)27(32)33/h20H,8-19H2,1-7H3,(H,30,31)(H,32,33). The molecule has 0 unspecified atom stereocenters. The highest BCUT2D eigenvalue weighted by Crippen LogP contribution is 2.28. The van der Waals surface area contributed by atoms with Crippen LogP contribution in [0.5, 0.6) is 0 Å². The fourth-order valence-corrected chi connectivity index (χ4v) is 4.46. The first-order valence-corrected chi connectivity index (χ1v) is 12.8. The molecular weight excluding hydrogens is 412 g/mol. The topological polar surface area (TPSA) is 74.6 Å². The van der Waals surface area contributed by atoms with Crippen molar-refractivity contribution in [3.05, 3.63) is 33.9 Å². The van der Waals surface area contributed by atoms with Gasteiger partial charge in [-0.15, -0.1) is 0 Å². The Balaban J connectivity index is 2.54. The van der Waals surface area contributed by atoms with Crippen molar-refractivity contribution in [3.8, 4) is 0 Å². The van der Waals surface area contributed by atoms with Gasteiger partial charge in [-0.25, -0.2) is 0 Å². The maximum Gasteiger partial charge on any atom is 0.309 e. The van der Waals surface area contributed by atoms with Gasteiger partial charge in [-0.3, -0.25) is 9.59 Å². The smallest absolute Gasteiger partial charge is 0.309 e. The Bertz CT molecular complexity index is 789. The van der Waals surface area contributed by atoms with Gasteiger partial charge in [0.2, 0.25) is 0 Å². The molecule has 0 fully saturated rings. The van der Waals surface area contributed by atoms with E-state index in [0.29, 0.717) is 0 Å². The van der Waals surface area contributed by atoms with Gasteiger partial charge in [0.15, 0.2) is 0 Å². The molecule has 1 aromatic rings. The van der Waals surface area contributed by atoms with E-state index in [2.05, 4.69) is 26.8 Å². The summed E-state index contributed by atoms with van der Waals surface area (Å²) in [6.45, 7) is 13.9. The molecule has 4 nitrogen and oxygen atoms in total. The molecule has 0 aliphatic carbocycles. The number of carboxylic acid groups (broad SMARTS) is 2. The lowest BCUT2D eigenvalue weighted by Gasteiger charge is -2.19. The number of carbonyl (C=O) groups is 2. The van der Waals surface area contributed by atoms with Crippen LogP contribution in [0.2, 0.25) is 0 Å². The van der Waals surface area contributed by atoms with Gasteiger partial charge in [0.05, 0.1) is 10.8 Å². The minimum atomic E-state index is -0.705. The molecule has 1 rings (SSSR count). The zero-order valence-electron chi connectivity index (χ0n) is 22.3. The summed E-state index contributed by atoms with van der Waals surface area (Å²) in [4.78, 5) is 22.5. The minimum Gasteiger partial charge on any atom is -0.481 e. The molecule has 0 bridgehead atoms. The fraction of sp³-hybridized carbons (Fsp3) is 0.724. The van der Waals surface area contributed by atoms with Crippen molar-refractivity contribution in [3.63, 3.8) is 0 Å².